The fourth-order valence-corrected chi connectivity index (χ4v) is 0.840. The average molecular weight is 143 g/mol. The first-order valence-corrected chi connectivity index (χ1v) is 3.85. The van der Waals surface area contributed by atoms with Crippen molar-refractivity contribution in [3.05, 3.63) is 0 Å². The van der Waals surface area contributed by atoms with Gasteiger partial charge in [0.2, 0.25) is 5.91 Å². The van der Waals surface area contributed by atoms with Crippen LogP contribution in [0.25, 0.3) is 0 Å². The van der Waals surface area contributed by atoms with Gasteiger partial charge in [-0.3, -0.25) is 4.79 Å². The number of nitrogens with one attached hydrogen (secondary N) is 1. The molecule has 2 heteroatoms. The molecule has 0 aliphatic carbocycles. The third kappa shape index (κ3) is 2.38. The molecule has 2 nitrogen and oxygen atoms in total. The van der Waals surface area contributed by atoms with Gasteiger partial charge in [0.1, 0.15) is 0 Å². The summed E-state index contributed by atoms with van der Waals surface area (Å²) in [7, 11) is 1.68. The maximum absolute atomic E-state index is 11.0. The Morgan fingerprint density at radius 1 is 1.50 bits per heavy atom. The van der Waals surface area contributed by atoms with E-state index >= 15 is 0 Å². The van der Waals surface area contributed by atoms with E-state index in [1.807, 2.05) is 6.92 Å². The van der Waals surface area contributed by atoms with E-state index in [2.05, 4.69) is 19.2 Å². The first kappa shape index (κ1) is 9.47. The highest BCUT2D eigenvalue weighted by molar-refractivity contribution is 5.78. The molecule has 60 valence electrons. The number of amides is 1. The summed E-state index contributed by atoms with van der Waals surface area (Å²) < 4.78 is 0. The van der Waals surface area contributed by atoms with E-state index in [1.165, 1.54) is 0 Å². The molecule has 0 radical (unpaired) electrons. The largest absolute Gasteiger partial charge is 0.359 e. The van der Waals surface area contributed by atoms with Gasteiger partial charge in [-0.1, -0.05) is 27.2 Å². The topological polar surface area (TPSA) is 29.1 Å². The molecule has 2 atom stereocenters. The van der Waals surface area contributed by atoms with E-state index in [0.717, 1.165) is 6.42 Å². The van der Waals surface area contributed by atoms with Gasteiger partial charge >= 0.3 is 0 Å². The Hall–Kier alpha value is -0.530. The van der Waals surface area contributed by atoms with Gasteiger partial charge in [0, 0.05) is 13.0 Å². The predicted octanol–water partition coefficient (Wildman–Crippen LogP) is 1.41. The lowest BCUT2D eigenvalue weighted by Crippen LogP contribution is -2.29. The number of hydrogen-bond acceptors (Lipinski definition) is 1. The van der Waals surface area contributed by atoms with Crippen molar-refractivity contribution in [1.82, 2.24) is 5.32 Å². The van der Waals surface area contributed by atoms with Gasteiger partial charge in [-0.05, 0) is 5.92 Å². The van der Waals surface area contributed by atoms with Crippen LogP contribution in [0.4, 0.5) is 0 Å². The Labute approximate surface area is 63.0 Å². The van der Waals surface area contributed by atoms with Gasteiger partial charge in [-0.2, -0.15) is 0 Å². The number of hydrogen-bond donors (Lipinski definition) is 1. The summed E-state index contributed by atoms with van der Waals surface area (Å²) in [6, 6.07) is 0. The van der Waals surface area contributed by atoms with Gasteiger partial charge in [-0.25, -0.2) is 0 Å². The highest BCUT2D eigenvalue weighted by atomic mass is 16.1. The summed E-state index contributed by atoms with van der Waals surface area (Å²) in [4.78, 5) is 11.0. The van der Waals surface area contributed by atoms with E-state index in [0.29, 0.717) is 5.92 Å². The molecule has 0 rings (SSSR count). The van der Waals surface area contributed by atoms with Gasteiger partial charge in [-0.15, -0.1) is 0 Å². The van der Waals surface area contributed by atoms with Crippen LogP contribution in [0.2, 0.25) is 0 Å². The smallest absolute Gasteiger partial charge is 0.222 e. The van der Waals surface area contributed by atoms with Crippen molar-refractivity contribution in [3.8, 4) is 0 Å². The van der Waals surface area contributed by atoms with Gasteiger partial charge in [0.05, 0.1) is 0 Å². The molecule has 1 N–H and O–H groups in total. The van der Waals surface area contributed by atoms with Crippen molar-refractivity contribution in [2.45, 2.75) is 27.2 Å². The lowest BCUT2D eigenvalue weighted by atomic mass is 9.93. The highest BCUT2D eigenvalue weighted by Gasteiger charge is 2.16. The van der Waals surface area contributed by atoms with Gasteiger partial charge < -0.3 is 5.32 Å². The van der Waals surface area contributed by atoms with Crippen LogP contribution < -0.4 is 5.32 Å². The number of carbonyl (C=O) groups is 1. The van der Waals surface area contributed by atoms with Crippen molar-refractivity contribution < 1.29 is 4.79 Å². The molecule has 0 saturated carbocycles. The SMILES string of the molecule is CC[C@H](C)[C@H](C)C(=O)NC. The fourth-order valence-electron chi connectivity index (χ4n) is 0.840. The molecule has 0 aliphatic rings. The lowest BCUT2D eigenvalue weighted by Gasteiger charge is -2.15. The Morgan fingerprint density at radius 2 is 2.00 bits per heavy atom. The Balaban J connectivity index is 3.81. The van der Waals surface area contributed by atoms with Crippen molar-refractivity contribution in [3.63, 3.8) is 0 Å². The van der Waals surface area contributed by atoms with Crippen LogP contribution in [0, 0.1) is 11.8 Å². The first-order valence-electron chi connectivity index (χ1n) is 3.85. The summed E-state index contributed by atoms with van der Waals surface area (Å²) in [6.45, 7) is 6.16. The minimum atomic E-state index is 0.148. The van der Waals surface area contributed by atoms with E-state index in [9.17, 15) is 4.79 Å². The second kappa shape index (κ2) is 4.31. The summed E-state index contributed by atoms with van der Waals surface area (Å²) in [5.41, 5.74) is 0. The molecular formula is C8H17NO. The lowest BCUT2D eigenvalue weighted by molar-refractivity contribution is -0.125. The standard InChI is InChI=1S/C8H17NO/c1-5-6(2)7(3)8(10)9-4/h6-7H,5H2,1-4H3,(H,9,10)/t6-,7-/m0/s1. The summed E-state index contributed by atoms with van der Waals surface area (Å²) in [5.74, 6) is 0.782. The normalized spacial score (nSPS) is 16.0. The minimum Gasteiger partial charge on any atom is -0.359 e. The molecule has 10 heavy (non-hydrogen) atoms. The quantitative estimate of drug-likeness (QED) is 0.636. The Kier molecular flexibility index (Phi) is 4.08. The van der Waals surface area contributed by atoms with Crippen LogP contribution in [0.1, 0.15) is 27.2 Å². The number of rotatable bonds is 3. The second-order valence-corrected chi connectivity index (χ2v) is 2.79. The third-order valence-electron chi connectivity index (χ3n) is 2.16. The number of carbonyl (C=O) groups excluding carboxylic acids is 1. The molecule has 0 spiro atoms. The zero-order chi connectivity index (χ0) is 8.15. The van der Waals surface area contributed by atoms with Crippen molar-refractivity contribution in [2.75, 3.05) is 7.05 Å². The molecule has 0 heterocycles. The highest BCUT2D eigenvalue weighted by Crippen LogP contribution is 2.13. The van der Waals surface area contributed by atoms with E-state index in [4.69, 9.17) is 0 Å². The fraction of sp³-hybridized carbons (Fsp3) is 0.875. The van der Waals surface area contributed by atoms with Crippen molar-refractivity contribution >= 4 is 5.91 Å². The maximum Gasteiger partial charge on any atom is 0.222 e. The van der Waals surface area contributed by atoms with Crippen LogP contribution in [0.5, 0.6) is 0 Å². The minimum absolute atomic E-state index is 0.148. The molecule has 0 bridgehead atoms. The average Bonchev–Trinajstić information content (AvgIpc) is 2.00. The molecule has 0 saturated heterocycles. The Bertz CT molecular complexity index is 112. The molecule has 0 fully saturated rings. The van der Waals surface area contributed by atoms with Crippen LogP contribution in [-0.2, 0) is 4.79 Å². The van der Waals surface area contributed by atoms with Crippen LogP contribution in [-0.4, -0.2) is 13.0 Å². The summed E-state index contributed by atoms with van der Waals surface area (Å²) >= 11 is 0. The van der Waals surface area contributed by atoms with Crippen LogP contribution in [0.3, 0.4) is 0 Å². The van der Waals surface area contributed by atoms with Crippen LogP contribution in [0.15, 0.2) is 0 Å². The van der Waals surface area contributed by atoms with E-state index < -0.39 is 0 Å². The molecule has 0 aromatic rings. The third-order valence-corrected chi connectivity index (χ3v) is 2.16. The molecular weight excluding hydrogens is 126 g/mol. The van der Waals surface area contributed by atoms with E-state index in [-0.39, 0.29) is 11.8 Å². The Morgan fingerprint density at radius 3 is 2.30 bits per heavy atom. The predicted molar refractivity (Wildman–Crippen MR) is 42.7 cm³/mol. The molecule has 1 amide bonds. The molecule has 0 aromatic carbocycles. The molecule has 0 aliphatic heterocycles. The molecule has 0 aromatic heterocycles. The van der Waals surface area contributed by atoms with Gasteiger partial charge in [0.15, 0.2) is 0 Å². The zero-order valence-electron chi connectivity index (χ0n) is 7.27. The summed E-state index contributed by atoms with van der Waals surface area (Å²) in [5, 5.41) is 2.64. The molecule has 0 unspecified atom stereocenters. The summed E-state index contributed by atoms with van der Waals surface area (Å²) in [6.07, 6.45) is 1.06. The van der Waals surface area contributed by atoms with Crippen molar-refractivity contribution in [2.24, 2.45) is 11.8 Å². The monoisotopic (exact) mass is 143 g/mol. The van der Waals surface area contributed by atoms with Crippen LogP contribution >= 0.6 is 0 Å². The maximum atomic E-state index is 11.0. The van der Waals surface area contributed by atoms with Crippen molar-refractivity contribution in [1.29, 1.82) is 0 Å². The first-order chi connectivity index (χ1) is 4.63. The zero-order valence-corrected chi connectivity index (χ0v) is 7.27. The van der Waals surface area contributed by atoms with E-state index in [1.54, 1.807) is 7.05 Å². The second-order valence-electron chi connectivity index (χ2n) is 2.79. The van der Waals surface area contributed by atoms with Gasteiger partial charge in [0.25, 0.3) is 0 Å².